The Kier molecular flexibility index (Phi) is 5.44. The first kappa shape index (κ1) is 16.4. The smallest absolute Gasteiger partial charge is 0.253 e. The number of amides is 1. The summed E-state index contributed by atoms with van der Waals surface area (Å²) < 4.78 is 26.0. The third-order valence-electron chi connectivity index (χ3n) is 3.08. The van der Waals surface area contributed by atoms with E-state index in [2.05, 4.69) is 5.32 Å². The fourth-order valence-corrected chi connectivity index (χ4v) is 1.82. The lowest BCUT2D eigenvalue weighted by Gasteiger charge is -2.24. The van der Waals surface area contributed by atoms with E-state index in [1.165, 1.54) is 0 Å². The molecule has 0 saturated heterocycles. The van der Waals surface area contributed by atoms with Gasteiger partial charge in [-0.1, -0.05) is 13.8 Å². The van der Waals surface area contributed by atoms with Gasteiger partial charge in [-0.2, -0.15) is 0 Å². The Balaban J connectivity index is 2.70. The number of nitrogen functional groups attached to an aromatic ring is 1. The van der Waals surface area contributed by atoms with Crippen LogP contribution in [0, 0.1) is 17.0 Å². The van der Waals surface area contributed by atoms with Crippen LogP contribution in [0.1, 0.15) is 37.0 Å². The van der Waals surface area contributed by atoms with Gasteiger partial charge in [-0.3, -0.25) is 4.79 Å². The van der Waals surface area contributed by atoms with Gasteiger partial charge in [0.2, 0.25) is 0 Å². The zero-order valence-corrected chi connectivity index (χ0v) is 11.7. The molecule has 0 heterocycles. The minimum Gasteiger partial charge on any atom is -0.398 e. The predicted octanol–water partition coefficient (Wildman–Crippen LogP) is 2.08. The van der Waals surface area contributed by atoms with Gasteiger partial charge in [0.25, 0.3) is 5.91 Å². The predicted molar refractivity (Wildman–Crippen MR) is 73.2 cm³/mol. The number of aliphatic hydroxyl groups is 1. The van der Waals surface area contributed by atoms with Crippen molar-refractivity contribution >= 4 is 11.6 Å². The monoisotopic (exact) mass is 286 g/mol. The number of hydrogen-bond donors (Lipinski definition) is 3. The molecule has 0 aliphatic rings. The Morgan fingerprint density at radius 1 is 1.35 bits per heavy atom. The SMILES string of the molecule is CC(C)(CCCO)CNC(=O)c1cc(F)c(F)cc1N. The third-order valence-corrected chi connectivity index (χ3v) is 3.08. The van der Waals surface area contributed by atoms with Crippen LogP contribution in [-0.2, 0) is 0 Å². The second kappa shape index (κ2) is 6.65. The standard InChI is InChI=1S/C14H20F2N2O2/c1-14(2,4-3-5-19)8-18-13(20)9-6-10(15)11(16)7-12(9)17/h6-7,19H,3-5,8,17H2,1-2H3,(H,18,20). The van der Waals surface area contributed by atoms with E-state index < -0.39 is 17.5 Å². The van der Waals surface area contributed by atoms with Crippen molar-refractivity contribution in [2.45, 2.75) is 26.7 Å². The van der Waals surface area contributed by atoms with Crippen molar-refractivity contribution < 1.29 is 18.7 Å². The number of hydrogen-bond acceptors (Lipinski definition) is 3. The topological polar surface area (TPSA) is 75.3 Å². The van der Waals surface area contributed by atoms with E-state index in [1.54, 1.807) is 0 Å². The second-order valence-corrected chi connectivity index (χ2v) is 5.53. The average molecular weight is 286 g/mol. The molecule has 0 bridgehead atoms. The van der Waals surface area contributed by atoms with Crippen molar-refractivity contribution in [2.75, 3.05) is 18.9 Å². The van der Waals surface area contributed by atoms with Gasteiger partial charge in [-0.25, -0.2) is 8.78 Å². The number of halogens is 2. The molecular weight excluding hydrogens is 266 g/mol. The average Bonchev–Trinajstić information content (AvgIpc) is 2.38. The summed E-state index contributed by atoms with van der Waals surface area (Å²) in [5.74, 6) is -2.73. The molecule has 0 aliphatic carbocycles. The first-order valence-corrected chi connectivity index (χ1v) is 6.40. The maximum absolute atomic E-state index is 13.1. The van der Waals surface area contributed by atoms with Gasteiger partial charge in [0.15, 0.2) is 11.6 Å². The van der Waals surface area contributed by atoms with Crippen LogP contribution in [0.2, 0.25) is 0 Å². The molecule has 6 heteroatoms. The lowest BCUT2D eigenvalue weighted by Crippen LogP contribution is -2.34. The van der Waals surface area contributed by atoms with E-state index in [9.17, 15) is 13.6 Å². The minimum absolute atomic E-state index is 0.0816. The molecule has 1 aromatic rings. The van der Waals surface area contributed by atoms with Crippen LogP contribution in [0.25, 0.3) is 0 Å². The Labute approximate surface area is 117 Å². The molecule has 0 unspecified atom stereocenters. The molecule has 0 atom stereocenters. The molecular formula is C14H20F2N2O2. The molecule has 0 saturated carbocycles. The van der Waals surface area contributed by atoms with E-state index in [1.807, 2.05) is 13.8 Å². The number of benzene rings is 1. The van der Waals surface area contributed by atoms with Gasteiger partial charge in [-0.05, 0) is 24.3 Å². The highest BCUT2D eigenvalue weighted by Gasteiger charge is 2.20. The van der Waals surface area contributed by atoms with Crippen LogP contribution in [0.3, 0.4) is 0 Å². The van der Waals surface area contributed by atoms with Crippen LogP contribution in [0.5, 0.6) is 0 Å². The van der Waals surface area contributed by atoms with Crippen molar-refractivity contribution in [1.29, 1.82) is 0 Å². The summed E-state index contributed by atoms with van der Waals surface area (Å²) in [6.45, 7) is 4.33. The minimum atomic E-state index is -1.11. The molecule has 4 N–H and O–H groups in total. The summed E-state index contributed by atoms with van der Waals surface area (Å²) in [6, 6.07) is 1.59. The maximum atomic E-state index is 13.1. The van der Waals surface area contributed by atoms with E-state index >= 15 is 0 Å². The van der Waals surface area contributed by atoms with Gasteiger partial charge in [0.1, 0.15) is 0 Å². The van der Waals surface area contributed by atoms with E-state index in [-0.39, 0.29) is 23.3 Å². The Morgan fingerprint density at radius 2 is 1.95 bits per heavy atom. The van der Waals surface area contributed by atoms with Crippen LogP contribution < -0.4 is 11.1 Å². The van der Waals surface area contributed by atoms with Gasteiger partial charge in [0.05, 0.1) is 5.56 Å². The van der Waals surface area contributed by atoms with Crippen LogP contribution in [0.15, 0.2) is 12.1 Å². The number of carbonyl (C=O) groups is 1. The molecule has 4 nitrogen and oxygen atoms in total. The molecule has 20 heavy (non-hydrogen) atoms. The van der Waals surface area contributed by atoms with E-state index in [0.29, 0.717) is 13.0 Å². The van der Waals surface area contributed by atoms with Crippen molar-refractivity contribution in [3.63, 3.8) is 0 Å². The van der Waals surface area contributed by atoms with Gasteiger partial charge >= 0.3 is 0 Å². The fraction of sp³-hybridized carbons (Fsp3) is 0.500. The number of nitrogens with one attached hydrogen (secondary N) is 1. The van der Waals surface area contributed by atoms with Gasteiger partial charge in [-0.15, -0.1) is 0 Å². The zero-order chi connectivity index (χ0) is 15.3. The number of anilines is 1. The van der Waals surface area contributed by atoms with Crippen LogP contribution in [0.4, 0.5) is 14.5 Å². The molecule has 1 amide bonds. The van der Waals surface area contributed by atoms with Crippen LogP contribution in [-0.4, -0.2) is 24.2 Å². The van der Waals surface area contributed by atoms with Crippen molar-refractivity contribution in [1.82, 2.24) is 5.32 Å². The van der Waals surface area contributed by atoms with E-state index in [0.717, 1.165) is 18.6 Å². The number of rotatable bonds is 6. The summed E-state index contributed by atoms with van der Waals surface area (Å²) in [7, 11) is 0. The quantitative estimate of drug-likeness (QED) is 0.701. The lowest BCUT2D eigenvalue weighted by molar-refractivity contribution is 0.0933. The summed E-state index contributed by atoms with van der Waals surface area (Å²) >= 11 is 0. The third kappa shape index (κ3) is 4.45. The molecule has 0 radical (unpaired) electrons. The number of nitrogens with two attached hydrogens (primary N) is 1. The summed E-state index contributed by atoms with van der Waals surface area (Å²) in [6.07, 6.45) is 1.37. The Bertz CT molecular complexity index is 490. The highest BCUT2D eigenvalue weighted by molar-refractivity contribution is 5.99. The Hall–Kier alpha value is -1.69. The van der Waals surface area contributed by atoms with Crippen LogP contribution >= 0.6 is 0 Å². The van der Waals surface area contributed by atoms with E-state index in [4.69, 9.17) is 10.8 Å². The molecule has 0 fully saturated rings. The molecule has 112 valence electrons. The Morgan fingerprint density at radius 3 is 2.55 bits per heavy atom. The van der Waals surface area contributed by atoms with Gasteiger partial charge in [0, 0.05) is 24.9 Å². The lowest BCUT2D eigenvalue weighted by atomic mass is 9.88. The summed E-state index contributed by atoms with van der Waals surface area (Å²) in [4.78, 5) is 11.9. The first-order valence-electron chi connectivity index (χ1n) is 6.40. The van der Waals surface area contributed by atoms with Crippen molar-refractivity contribution in [2.24, 2.45) is 5.41 Å². The van der Waals surface area contributed by atoms with Gasteiger partial charge < -0.3 is 16.2 Å². The molecule has 1 aromatic carbocycles. The van der Waals surface area contributed by atoms with Crippen molar-refractivity contribution in [3.05, 3.63) is 29.3 Å². The molecule has 0 spiro atoms. The summed E-state index contributed by atoms with van der Waals surface area (Å²) in [5.41, 5.74) is 5.12. The maximum Gasteiger partial charge on any atom is 0.253 e. The molecule has 1 rings (SSSR count). The molecule has 0 aliphatic heterocycles. The second-order valence-electron chi connectivity index (χ2n) is 5.53. The highest BCUT2D eigenvalue weighted by Crippen LogP contribution is 2.22. The highest BCUT2D eigenvalue weighted by atomic mass is 19.2. The molecule has 0 aromatic heterocycles. The van der Waals surface area contributed by atoms with Crippen molar-refractivity contribution in [3.8, 4) is 0 Å². The zero-order valence-electron chi connectivity index (χ0n) is 11.7. The number of carbonyl (C=O) groups excluding carboxylic acids is 1. The fourth-order valence-electron chi connectivity index (χ4n) is 1.82. The first-order chi connectivity index (χ1) is 9.26. The summed E-state index contributed by atoms with van der Waals surface area (Å²) in [5, 5.41) is 11.4. The largest absolute Gasteiger partial charge is 0.398 e. The number of aliphatic hydroxyl groups excluding tert-OH is 1. The normalized spacial score (nSPS) is 11.4.